The van der Waals surface area contributed by atoms with Crippen molar-refractivity contribution in [3.05, 3.63) is 59.4 Å². The number of nitrogens with one attached hydrogen (secondary N) is 1. The lowest BCUT2D eigenvalue weighted by molar-refractivity contribution is 0.0953. The van der Waals surface area contributed by atoms with Crippen molar-refractivity contribution >= 4 is 17.5 Å². The van der Waals surface area contributed by atoms with Crippen molar-refractivity contribution < 1.29 is 4.79 Å². The quantitative estimate of drug-likeness (QED) is 0.826. The van der Waals surface area contributed by atoms with E-state index < -0.39 is 0 Å². The van der Waals surface area contributed by atoms with Gasteiger partial charge in [0.1, 0.15) is 0 Å². The van der Waals surface area contributed by atoms with Gasteiger partial charge in [-0.1, -0.05) is 23.7 Å². The number of carbonyl (C=O) groups is 1. The topological polar surface area (TPSA) is 34.0 Å². The Kier molecular flexibility index (Phi) is 4.42. The van der Waals surface area contributed by atoms with Gasteiger partial charge in [0, 0.05) is 25.5 Å². The van der Waals surface area contributed by atoms with Gasteiger partial charge in [-0.05, 0) is 30.7 Å². The zero-order chi connectivity index (χ0) is 12.8. The molecule has 3 nitrogen and oxygen atoms in total. The zero-order valence-corrected chi connectivity index (χ0v) is 10.7. The minimum Gasteiger partial charge on any atom is -0.354 e. The molecule has 18 heavy (non-hydrogen) atoms. The molecule has 0 aliphatic rings. The van der Waals surface area contributed by atoms with Crippen LogP contribution in [0.3, 0.4) is 0 Å². The summed E-state index contributed by atoms with van der Waals surface area (Å²) in [7, 11) is 0. The molecule has 0 saturated carbocycles. The first-order valence-corrected chi connectivity index (χ1v) is 6.28. The molecule has 0 unspecified atom stereocenters. The minimum absolute atomic E-state index is 0.117. The Morgan fingerprint density at radius 3 is 2.61 bits per heavy atom. The van der Waals surface area contributed by atoms with E-state index >= 15 is 0 Å². The largest absolute Gasteiger partial charge is 0.354 e. The predicted octanol–water partition coefficient (Wildman–Crippen LogP) is 2.96. The van der Waals surface area contributed by atoms with Crippen molar-refractivity contribution in [3.63, 3.8) is 0 Å². The van der Waals surface area contributed by atoms with E-state index in [0.717, 1.165) is 13.0 Å². The van der Waals surface area contributed by atoms with E-state index in [-0.39, 0.29) is 5.91 Å². The molecule has 4 heteroatoms. The molecule has 0 aliphatic carbocycles. The number of aryl methyl sites for hydroxylation is 1. The van der Waals surface area contributed by atoms with Crippen LogP contribution in [-0.2, 0) is 6.54 Å². The van der Waals surface area contributed by atoms with Crippen LogP contribution in [0.2, 0.25) is 5.02 Å². The molecule has 1 amide bonds. The molecular weight excluding hydrogens is 248 g/mol. The number of benzene rings is 1. The number of carbonyl (C=O) groups excluding carboxylic acids is 1. The van der Waals surface area contributed by atoms with E-state index in [9.17, 15) is 4.79 Å². The van der Waals surface area contributed by atoms with Crippen molar-refractivity contribution in [1.82, 2.24) is 9.88 Å². The second-order valence-corrected chi connectivity index (χ2v) is 4.42. The predicted molar refractivity (Wildman–Crippen MR) is 72.8 cm³/mol. The molecule has 0 saturated heterocycles. The molecule has 0 atom stereocenters. The maximum absolute atomic E-state index is 11.8. The van der Waals surface area contributed by atoms with Crippen LogP contribution in [0.5, 0.6) is 0 Å². The summed E-state index contributed by atoms with van der Waals surface area (Å²) < 4.78 is 2.08. The molecule has 94 valence electrons. The van der Waals surface area contributed by atoms with Gasteiger partial charge in [0.15, 0.2) is 0 Å². The van der Waals surface area contributed by atoms with Crippen LogP contribution in [0.4, 0.5) is 0 Å². The Morgan fingerprint density at radius 2 is 1.89 bits per heavy atom. The number of halogens is 1. The first-order chi connectivity index (χ1) is 8.77. The maximum Gasteiger partial charge on any atom is 0.252 e. The van der Waals surface area contributed by atoms with Crippen molar-refractivity contribution in [3.8, 4) is 0 Å². The van der Waals surface area contributed by atoms with Crippen molar-refractivity contribution in [1.29, 1.82) is 0 Å². The van der Waals surface area contributed by atoms with Crippen LogP contribution in [0.25, 0.3) is 0 Å². The number of nitrogens with zero attached hydrogens (tertiary/aromatic N) is 1. The highest BCUT2D eigenvalue weighted by Crippen LogP contribution is 2.14. The third kappa shape index (κ3) is 3.37. The van der Waals surface area contributed by atoms with Gasteiger partial charge in [0.2, 0.25) is 0 Å². The van der Waals surface area contributed by atoms with Gasteiger partial charge in [0.25, 0.3) is 5.91 Å². The zero-order valence-electron chi connectivity index (χ0n) is 9.97. The molecule has 0 bridgehead atoms. The van der Waals surface area contributed by atoms with E-state index in [1.165, 1.54) is 0 Å². The fourth-order valence-corrected chi connectivity index (χ4v) is 1.94. The van der Waals surface area contributed by atoms with Crippen LogP contribution in [0, 0.1) is 0 Å². The van der Waals surface area contributed by atoms with E-state index in [2.05, 4.69) is 9.88 Å². The molecule has 2 aromatic rings. The molecule has 1 aromatic carbocycles. The molecule has 1 aromatic heterocycles. The van der Waals surface area contributed by atoms with Gasteiger partial charge >= 0.3 is 0 Å². The maximum atomic E-state index is 11.8. The highest BCUT2D eigenvalue weighted by atomic mass is 35.5. The number of hydrogen-bond donors (Lipinski definition) is 1. The van der Waals surface area contributed by atoms with Crippen LogP contribution in [0.15, 0.2) is 48.8 Å². The standard InChI is InChI=1S/C14H15ClN2O/c15-13-7-2-1-6-12(13)14(18)16-8-5-11-17-9-3-4-10-17/h1-4,6-7,9-10H,5,8,11H2,(H,16,18). The normalized spacial score (nSPS) is 10.3. The van der Waals surface area contributed by atoms with Gasteiger partial charge in [0.05, 0.1) is 10.6 Å². The number of rotatable bonds is 5. The summed E-state index contributed by atoms with van der Waals surface area (Å²) in [6.45, 7) is 1.54. The highest BCUT2D eigenvalue weighted by Gasteiger charge is 2.07. The van der Waals surface area contributed by atoms with Crippen molar-refractivity contribution in [2.24, 2.45) is 0 Å². The van der Waals surface area contributed by atoms with Crippen LogP contribution in [-0.4, -0.2) is 17.0 Å². The highest BCUT2D eigenvalue weighted by molar-refractivity contribution is 6.33. The first-order valence-electron chi connectivity index (χ1n) is 5.91. The lowest BCUT2D eigenvalue weighted by Gasteiger charge is -2.07. The monoisotopic (exact) mass is 262 g/mol. The van der Waals surface area contributed by atoms with Crippen molar-refractivity contribution in [2.75, 3.05) is 6.54 Å². The molecule has 0 fully saturated rings. The number of amides is 1. The fraction of sp³-hybridized carbons (Fsp3) is 0.214. The Balaban J connectivity index is 1.77. The molecular formula is C14H15ClN2O. The average Bonchev–Trinajstić information content (AvgIpc) is 2.88. The minimum atomic E-state index is -0.117. The van der Waals surface area contributed by atoms with Crippen molar-refractivity contribution in [2.45, 2.75) is 13.0 Å². The van der Waals surface area contributed by atoms with Gasteiger partial charge in [-0.2, -0.15) is 0 Å². The third-order valence-electron chi connectivity index (χ3n) is 2.66. The molecule has 2 rings (SSSR count). The van der Waals surface area contributed by atoms with Crippen LogP contribution >= 0.6 is 11.6 Å². The molecule has 0 radical (unpaired) electrons. The summed E-state index contributed by atoms with van der Waals surface area (Å²) in [4.78, 5) is 11.8. The lowest BCUT2D eigenvalue weighted by Crippen LogP contribution is -2.25. The Morgan fingerprint density at radius 1 is 1.17 bits per heavy atom. The Hall–Kier alpha value is -1.74. The Labute approximate surface area is 111 Å². The second kappa shape index (κ2) is 6.26. The molecule has 0 aliphatic heterocycles. The average molecular weight is 263 g/mol. The SMILES string of the molecule is O=C(NCCCn1cccc1)c1ccccc1Cl. The van der Waals surface area contributed by atoms with E-state index in [4.69, 9.17) is 11.6 Å². The number of hydrogen-bond acceptors (Lipinski definition) is 1. The summed E-state index contributed by atoms with van der Waals surface area (Å²) in [6, 6.07) is 11.0. The van der Waals surface area contributed by atoms with Gasteiger partial charge < -0.3 is 9.88 Å². The van der Waals surface area contributed by atoms with Gasteiger partial charge in [-0.25, -0.2) is 0 Å². The third-order valence-corrected chi connectivity index (χ3v) is 2.99. The van der Waals surface area contributed by atoms with E-state index in [1.54, 1.807) is 18.2 Å². The number of aromatic nitrogens is 1. The fourth-order valence-electron chi connectivity index (χ4n) is 1.72. The lowest BCUT2D eigenvalue weighted by atomic mass is 10.2. The first kappa shape index (κ1) is 12.7. The summed E-state index contributed by atoms with van der Waals surface area (Å²) in [5, 5.41) is 3.35. The van der Waals surface area contributed by atoms with E-state index in [1.807, 2.05) is 30.6 Å². The second-order valence-electron chi connectivity index (χ2n) is 4.01. The summed E-state index contributed by atoms with van der Waals surface area (Å²) in [5.74, 6) is -0.117. The van der Waals surface area contributed by atoms with Gasteiger partial charge in [-0.3, -0.25) is 4.79 Å². The van der Waals surface area contributed by atoms with Crippen LogP contribution in [0.1, 0.15) is 16.8 Å². The molecule has 1 N–H and O–H groups in total. The summed E-state index contributed by atoms with van der Waals surface area (Å²) >= 11 is 5.95. The summed E-state index contributed by atoms with van der Waals surface area (Å²) in [6.07, 6.45) is 4.91. The Bertz CT molecular complexity index is 508. The van der Waals surface area contributed by atoms with E-state index in [0.29, 0.717) is 17.1 Å². The van der Waals surface area contributed by atoms with Crippen LogP contribution < -0.4 is 5.32 Å². The van der Waals surface area contributed by atoms with Gasteiger partial charge in [-0.15, -0.1) is 0 Å². The smallest absolute Gasteiger partial charge is 0.252 e. The molecule has 0 spiro atoms. The summed E-state index contributed by atoms with van der Waals surface area (Å²) in [5.41, 5.74) is 0.528. The molecule has 1 heterocycles.